The highest BCUT2D eigenvalue weighted by atomic mass is 79.9. The zero-order chi connectivity index (χ0) is 15.6. The standard InChI is InChI=1S/C16H15Br2Cl2N/c1-3-21-16(10-5-11(19)7-12(20)6-10)13-8-14(17)9(2)4-15(13)18/h4-8,16,21H,3H2,1-2H3. The normalized spacial score (nSPS) is 12.5. The highest BCUT2D eigenvalue weighted by Crippen LogP contribution is 2.34. The van der Waals surface area contributed by atoms with Gasteiger partial charge in [0.1, 0.15) is 0 Å². The van der Waals surface area contributed by atoms with Crippen LogP contribution in [-0.4, -0.2) is 6.54 Å². The Hall–Kier alpha value is -0.0600. The van der Waals surface area contributed by atoms with Gasteiger partial charge in [0.2, 0.25) is 0 Å². The zero-order valence-electron chi connectivity index (χ0n) is 11.7. The molecule has 0 aliphatic rings. The molecule has 0 spiro atoms. The van der Waals surface area contributed by atoms with Crippen molar-refractivity contribution >= 4 is 55.1 Å². The van der Waals surface area contributed by atoms with Crippen molar-refractivity contribution in [1.82, 2.24) is 5.32 Å². The molecule has 2 aromatic rings. The van der Waals surface area contributed by atoms with Gasteiger partial charge in [-0.3, -0.25) is 0 Å². The van der Waals surface area contributed by atoms with E-state index in [1.807, 2.05) is 12.1 Å². The minimum Gasteiger partial charge on any atom is -0.306 e. The molecule has 0 fully saturated rings. The lowest BCUT2D eigenvalue weighted by atomic mass is 9.97. The van der Waals surface area contributed by atoms with E-state index < -0.39 is 0 Å². The van der Waals surface area contributed by atoms with Gasteiger partial charge in [-0.25, -0.2) is 0 Å². The monoisotopic (exact) mass is 449 g/mol. The van der Waals surface area contributed by atoms with Crippen LogP contribution in [0.25, 0.3) is 0 Å². The second kappa shape index (κ2) is 7.47. The molecule has 0 bridgehead atoms. The summed E-state index contributed by atoms with van der Waals surface area (Å²) in [7, 11) is 0. The molecule has 2 aromatic carbocycles. The van der Waals surface area contributed by atoms with E-state index in [0.29, 0.717) is 10.0 Å². The predicted molar refractivity (Wildman–Crippen MR) is 98.6 cm³/mol. The highest BCUT2D eigenvalue weighted by Gasteiger charge is 2.18. The van der Waals surface area contributed by atoms with E-state index in [4.69, 9.17) is 23.2 Å². The van der Waals surface area contributed by atoms with Crippen molar-refractivity contribution in [2.45, 2.75) is 19.9 Å². The molecule has 1 N–H and O–H groups in total. The third-order valence-corrected chi connectivity index (χ3v) is 5.19. The lowest BCUT2D eigenvalue weighted by molar-refractivity contribution is 0.628. The molecule has 21 heavy (non-hydrogen) atoms. The highest BCUT2D eigenvalue weighted by molar-refractivity contribution is 9.11. The van der Waals surface area contributed by atoms with Crippen LogP contribution < -0.4 is 5.32 Å². The van der Waals surface area contributed by atoms with E-state index >= 15 is 0 Å². The lowest BCUT2D eigenvalue weighted by Gasteiger charge is -2.22. The molecular weight excluding hydrogens is 437 g/mol. The average Bonchev–Trinajstić information content (AvgIpc) is 2.39. The summed E-state index contributed by atoms with van der Waals surface area (Å²) in [6, 6.07) is 9.90. The van der Waals surface area contributed by atoms with E-state index in [9.17, 15) is 0 Å². The first-order valence-corrected chi connectivity index (χ1v) is 8.91. The number of halogens is 4. The summed E-state index contributed by atoms with van der Waals surface area (Å²) in [5, 5.41) is 4.77. The fourth-order valence-electron chi connectivity index (χ4n) is 2.24. The first kappa shape index (κ1) is 17.3. The second-order valence-corrected chi connectivity index (χ2v) is 7.40. The quantitative estimate of drug-likeness (QED) is 0.557. The maximum atomic E-state index is 6.14. The number of benzene rings is 2. The maximum Gasteiger partial charge on any atom is 0.0589 e. The zero-order valence-corrected chi connectivity index (χ0v) is 16.4. The van der Waals surface area contributed by atoms with E-state index in [1.165, 1.54) is 5.56 Å². The molecule has 5 heteroatoms. The summed E-state index contributed by atoms with van der Waals surface area (Å²) >= 11 is 19.5. The van der Waals surface area contributed by atoms with Crippen molar-refractivity contribution in [2.24, 2.45) is 0 Å². The Balaban J connectivity index is 2.55. The molecule has 0 saturated carbocycles. The number of hydrogen-bond donors (Lipinski definition) is 1. The lowest BCUT2D eigenvalue weighted by Crippen LogP contribution is -2.22. The van der Waals surface area contributed by atoms with Crippen LogP contribution in [0.2, 0.25) is 10.0 Å². The number of rotatable bonds is 4. The van der Waals surface area contributed by atoms with Crippen LogP contribution in [0.3, 0.4) is 0 Å². The van der Waals surface area contributed by atoms with Gasteiger partial charge in [-0.05, 0) is 60.5 Å². The van der Waals surface area contributed by atoms with E-state index in [2.05, 4.69) is 63.2 Å². The van der Waals surface area contributed by atoms with Crippen molar-refractivity contribution in [3.8, 4) is 0 Å². The first-order chi connectivity index (χ1) is 9.92. The van der Waals surface area contributed by atoms with Gasteiger partial charge in [-0.2, -0.15) is 0 Å². The molecule has 2 rings (SSSR count). The fraction of sp³-hybridized carbons (Fsp3) is 0.250. The van der Waals surface area contributed by atoms with Crippen LogP contribution >= 0.6 is 55.1 Å². The molecule has 1 unspecified atom stereocenters. The SMILES string of the molecule is CCNC(c1cc(Cl)cc(Cl)c1)c1cc(Br)c(C)cc1Br. The van der Waals surface area contributed by atoms with Crippen molar-refractivity contribution in [1.29, 1.82) is 0 Å². The first-order valence-electron chi connectivity index (χ1n) is 6.57. The number of aryl methyl sites for hydroxylation is 1. The Labute approximate surface area is 152 Å². The van der Waals surface area contributed by atoms with Crippen LogP contribution in [-0.2, 0) is 0 Å². The van der Waals surface area contributed by atoms with Crippen molar-refractivity contribution < 1.29 is 0 Å². The van der Waals surface area contributed by atoms with Gasteiger partial charge in [-0.1, -0.05) is 62.0 Å². The Bertz CT molecular complexity index is 639. The fourth-order valence-corrected chi connectivity index (χ4v) is 3.83. The van der Waals surface area contributed by atoms with Crippen LogP contribution in [0.4, 0.5) is 0 Å². The van der Waals surface area contributed by atoms with Gasteiger partial charge in [0.05, 0.1) is 6.04 Å². The van der Waals surface area contributed by atoms with Gasteiger partial charge < -0.3 is 5.32 Å². The molecular formula is C16H15Br2Cl2N. The molecule has 0 aromatic heterocycles. The van der Waals surface area contributed by atoms with Crippen LogP contribution in [0.5, 0.6) is 0 Å². The third kappa shape index (κ3) is 4.23. The van der Waals surface area contributed by atoms with Gasteiger partial charge in [0.15, 0.2) is 0 Å². The van der Waals surface area contributed by atoms with E-state index in [-0.39, 0.29) is 6.04 Å². The molecule has 1 atom stereocenters. The largest absolute Gasteiger partial charge is 0.306 e. The molecule has 0 saturated heterocycles. The summed E-state index contributed by atoms with van der Waals surface area (Å²) < 4.78 is 2.14. The molecule has 0 aliphatic carbocycles. The smallest absolute Gasteiger partial charge is 0.0589 e. The minimum absolute atomic E-state index is 0.0254. The van der Waals surface area contributed by atoms with Gasteiger partial charge in [-0.15, -0.1) is 0 Å². The molecule has 0 aliphatic heterocycles. The Kier molecular flexibility index (Phi) is 6.15. The topological polar surface area (TPSA) is 12.0 Å². The van der Waals surface area contributed by atoms with Crippen LogP contribution in [0.1, 0.15) is 29.7 Å². The van der Waals surface area contributed by atoms with Gasteiger partial charge >= 0.3 is 0 Å². The minimum atomic E-state index is 0.0254. The average molecular weight is 452 g/mol. The van der Waals surface area contributed by atoms with Gasteiger partial charge in [0.25, 0.3) is 0 Å². The van der Waals surface area contributed by atoms with E-state index in [1.54, 1.807) is 6.07 Å². The van der Waals surface area contributed by atoms with Crippen LogP contribution in [0, 0.1) is 6.92 Å². The second-order valence-electron chi connectivity index (χ2n) is 4.82. The summed E-state index contributed by atoms with van der Waals surface area (Å²) in [5.74, 6) is 0. The molecule has 0 heterocycles. The van der Waals surface area contributed by atoms with Gasteiger partial charge in [0, 0.05) is 19.0 Å². The van der Waals surface area contributed by atoms with Crippen molar-refractivity contribution in [3.63, 3.8) is 0 Å². The Morgan fingerprint density at radius 3 is 2.19 bits per heavy atom. The van der Waals surface area contributed by atoms with E-state index in [0.717, 1.165) is 26.6 Å². The number of nitrogens with one attached hydrogen (secondary N) is 1. The summed E-state index contributed by atoms with van der Waals surface area (Å²) in [4.78, 5) is 0. The number of hydrogen-bond acceptors (Lipinski definition) is 1. The van der Waals surface area contributed by atoms with Crippen LogP contribution in [0.15, 0.2) is 39.3 Å². The molecule has 0 amide bonds. The Morgan fingerprint density at radius 1 is 1.00 bits per heavy atom. The predicted octanol–water partition coefficient (Wildman–Crippen LogP) is 6.53. The van der Waals surface area contributed by atoms with Crippen molar-refractivity contribution in [3.05, 3.63) is 66.0 Å². The molecule has 0 radical (unpaired) electrons. The summed E-state index contributed by atoms with van der Waals surface area (Å²) in [5.41, 5.74) is 3.38. The third-order valence-electron chi connectivity index (χ3n) is 3.22. The Morgan fingerprint density at radius 2 is 1.62 bits per heavy atom. The maximum absolute atomic E-state index is 6.14. The molecule has 112 valence electrons. The summed E-state index contributed by atoms with van der Waals surface area (Å²) in [6.45, 7) is 4.99. The van der Waals surface area contributed by atoms with Crippen molar-refractivity contribution in [2.75, 3.05) is 6.54 Å². The summed E-state index contributed by atoms with van der Waals surface area (Å²) in [6.07, 6.45) is 0. The molecule has 1 nitrogen and oxygen atoms in total.